The minimum Gasteiger partial charge on any atom is -0.288 e. The van der Waals surface area contributed by atoms with Crippen molar-refractivity contribution in [3.8, 4) is 0 Å². The molecule has 0 saturated heterocycles. The van der Waals surface area contributed by atoms with Gasteiger partial charge >= 0.3 is 0 Å². The molecule has 0 unspecified atom stereocenters. The molecule has 1 aliphatic rings. The van der Waals surface area contributed by atoms with Gasteiger partial charge in [-0.1, -0.05) is 48.0 Å². The van der Waals surface area contributed by atoms with Gasteiger partial charge in [-0.05, 0) is 12.3 Å². The molecule has 90 valence electrons. The lowest BCUT2D eigenvalue weighted by atomic mass is 9.85. The number of hydrogen-bond donors (Lipinski definition) is 0. The first-order valence-corrected chi connectivity index (χ1v) is 6.16. The molecule has 0 aliphatic carbocycles. The third-order valence-corrected chi connectivity index (χ3v) is 2.78. The van der Waals surface area contributed by atoms with E-state index in [1.165, 1.54) is 0 Å². The van der Waals surface area contributed by atoms with Crippen LogP contribution >= 0.6 is 0 Å². The summed E-state index contributed by atoms with van der Waals surface area (Å²) in [5.74, 6) is 0.446. The largest absolute Gasteiger partial charge is 0.288 e. The maximum atomic E-state index is 12.2. The summed E-state index contributed by atoms with van der Waals surface area (Å²) in [4.78, 5) is 16.8. The molecule has 1 aliphatic heterocycles. The molecule has 0 fully saturated rings. The Balaban J connectivity index is 3.17. The highest BCUT2D eigenvalue weighted by Gasteiger charge is 2.33. The molecule has 1 rings (SSSR count). The highest BCUT2D eigenvalue weighted by Crippen LogP contribution is 2.36. The van der Waals surface area contributed by atoms with Crippen LogP contribution in [0.3, 0.4) is 0 Å². The van der Waals surface area contributed by atoms with E-state index in [0.29, 0.717) is 0 Å². The van der Waals surface area contributed by atoms with Crippen LogP contribution in [0.2, 0.25) is 0 Å². The number of Topliss-reactive ketones (excluding diaryl/α,β-unsaturated/α-hetero) is 1. The lowest BCUT2D eigenvalue weighted by Gasteiger charge is -2.20. The van der Waals surface area contributed by atoms with Crippen molar-refractivity contribution in [2.75, 3.05) is 0 Å². The zero-order valence-electron chi connectivity index (χ0n) is 11.3. The first-order valence-electron chi connectivity index (χ1n) is 6.16. The van der Waals surface area contributed by atoms with Gasteiger partial charge in [-0.25, -0.2) is 0 Å². The molecule has 1 heterocycles. The number of ketones is 1. The maximum Gasteiger partial charge on any atom is 0.205 e. The highest BCUT2D eigenvalue weighted by atomic mass is 16.1. The van der Waals surface area contributed by atoms with Crippen molar-refractivity contribution in [1.82, 2.24) is 0 Å². The van der Waals surface area contributed by atoms with E-state index >= 15 is 0 Å². The molecule has 0 aromatic rings. The fourth-order valence-corrected chi connectivity index (χ4v) is 2.02. The molecule has 16 heavy (non-hydrogen) atoms. The minimum absolute atomic E-state index is 0.0369. The molecule has 0 atom stereocenters. The van der Waals surface area contributed by atoms with Gasteiger partial charge in [0.2, 0.25) is 5.78 Å². The standard InChI is InChI=1S/C14H23NO/c1-7-8-10-12(16)11(9(2)3)13(15-10)14(4,5)6/h9H,7-8H2,1-6H3. The normalized spacial score (nSPS) is 17.4. The SMILES string of the molecule is CCCC1=NC(C(C)(C)C)=C(C(C)C)C1=O. The van der Waals surface area contributed by atoms with Gasteiger partial charge in [0.1, 0.15) is 0 Å². The molecule has 0 aromatic carbocycles. The second-order valence-corrected chi connectivity index (χ2v) is 5.80. The molecule has 2 heteroatoms. The summed E-state index contributed by atoms with van der Waals surface area (Å²) in [6.07, 6.45) is 1.78. The Labute approximate surface area is 98.8 Å². The molecule has 0 amide bonds. The topological polar surface area (TPSA) is 29.4 Å². The number of hydrogen-bond acceptors (Lipinski definition) is 2. The van der Waals surface area contributed by atoms with Crippen LogP contribution in [0.25, 0.3) is 0 Å². The summed E-state index contributed by atoms with van der Waals surface area (Å²) in [5, 5.41) is 0. The summed E-state index contributed by atoms with van der Waals surface area (Å²) < 4.78 is 0. The van der Waals surface area contributed by atoms with E-state index in [1.54, 1.807) is 0 Å². The summed E-state index contributed by atoms with van der Waals surface area (Å²) in [5.41, 5.74) is 2.65. The Morgan fingerprint density at radius 2 is 1.81 bits per heavy atom. The predicted molar refractivity (Wildman–Crippen MR) is 68.7 cm³/mol. The number of rotatable bonds is 3. The van der Waals surface area contributed by atoms with Gasteiger partial charge in [-0.3, -0.25) is 9.79 Å². The van der Waals surface area contributed by atoms with Gasteiger partial charge < -0.3 is 0 Å². The average Bonchev–Trinajstić information content (AvgIpc) is 2.44. The van der Waals surface area contributed by atoms with E-state index in [2.05, 4.69) is 46.5 Å². The van der Waals surface area contributed by atoms with Crippen molar-refractivity contribution in [3.05, 3.63) is 11.3 Å². The van der Waals surface area contributed by atoms with Crippen molar-refractivity contribution in [2.45, 2.75) is 54.4 Å². The molecule has 0 radical (unpaired) electrons. The van der Waals surface area contributed by atoms with Crippen molar-refractivity contribution in [3.63, 3.8) is 0 Å². The van der Waals surface area contributed by atoms with Crippen molar-refractivity contribution in [1.29, 1.82) is 0 Å². The summed E-state index contributed by atoms with van der Waals surface area (Å²) >= 11 is 0. The summed E-state index contributed by atoms with van der Waals surface area (Å²) in [7, 11) is 0. The van der Waals surface area contributed by atoms with Gasteiger partial charge in [0.05, 0.1) is 11.4 Å². The fourth-order valence-electron chi connectivity index (χ4n) is 2.02. The third kappa shape index (κ3) is 2.42. The second kappa shape index (κ2) is 4.52. The van der Waals surface area contributed by atoms with Gasteiger partial charge in [0.25, 0.3) is 0 Å². The number of aliphatic imine (C=N–C) groups is 1. The van der Waals surface area contributed by atoms with Crippen LogP contribution in [0.4, 0.5) is 0 Å². The lowest BCUT2D eigenvalue weighted by molar-refractivity contribution is -0.110. The van der Waals surface area contributed by atoms with Crippen LogP contribution in [0, 0.1) is 11.3 Å². The molecular formula is C14H23NO. The van der Waals surface area contributed by atoms with E-state index in [9.17, 15) is 4.79 Å². The quantitative estimate of drug-likeness (QED) is 0.713. The monoisotopic (exact) mass is 221 g/mol. The zero-order valence-corrected chi connectivity index (χ0v) is 11.3. The molecule has 0 N–H and O–H groups in total. The highest BCUT2D eigenvalue weighted by molar-refractivity contribution is 6.48. The summed E-state index contributed by atoms with van der Waals surface area (Å²) in [6.45, 7) is 12.6. The molecule has 0 spiro atoms. The number of carbonyl (C=O) groups excluding carboxylic acids is 1. The molecule has 2 nitrogen and oxygen atoms in total. The Kier molecular flexibility index (Phi) is 3.72. The molecular weight excluding hydrogens is 198 g/mol. The molecule has 0 saturated carbocycles. The average molecular weight is 221 g/mol. The van der Waals surface area contributed by atoms with E-state index in [-0.39, 0.29) is 17.1 Å². The zero-order chi connectivity index (χ0) is 12.5. The molecule has 0 bridgehead atoms. The Hall–Kier alpha value is -0.920. The lowest BCUT2D eigenvalue weighted by Crippen LogP contribution is -2.17. The van der Waals surface area contributed by atoms with Crippen molar-refractivity contribution < 1.29 is 4.79 Å². The summed E-state index contributed by atoms with van der Waals surface area (Å²) in [6, 6.07) is 0. The van der Waals surface area contributed by atoms with Crippen LogP contribution < -0.4 is 0 Å². The van der Waals surface area contributed by atoms with Gasteiger partial charge in [-0.15, -0.1) is 0 Å². The molecule has 0 aromatic heterocycles. The van der Waals surface area contributed by atoms with Gasteiger partial charge in [0.15, 0.2) is 0 Å². The van der Waals surface area contributed by atoms with E-state index in [0.717, 1.165) is 29.8 Å². The Morgan fingerprint density at radius 1 is 1.25 bits per heavy atom. The maximum absolute atomic E-state index is 12.2. The van der Waals surface area contributed by atoms with E-state index < -0.39 is 0 Å². The van der Waals surface area contributed by atoms with Crippen LogP contribution in [-0.2, 0) is 4.79 Å². The van der Waals surface area contributed by atoms with E-state index in [4.69, 9.17) is 0 Å². The predicted octanol–water partition coefficient (Wildman–Crippen LogP) is 3.77. The Morgan fingerprint density at radius 3 is 2.12 bits per heavy atom. The minimum atomic E-state index is -0.0369. The van der Waals surface area contributed by atoms with Gasteiger partial charge in [-0.2, -0.15) is 0 Å². The Bertz CT molecular complexity index is 353. The van der Waals surface area contributed by atoms with Crippen LogP contribution in [-0.4, -0.2) is 11.5 Å². The third-order valence-electron chi connectivity index (χ3n) is 2.78. The smallest absolute Gasteiger partial charge is 0.205 e. The number of nitrogens with zero attached hydrogens (tertiary/aromatic N) is 1. The number of allylic oxidation sites excluding steroid dienone is 2. The van der Waals surface area contributed by atoms with Crippen molar-refractivity contribution in [2.24, 2.45) is 16.3 Å². The van der Waals surface area contributed by atoms with Crippen LogP contribution in [0.15, 0.2) is 16.3 Å². The van der Waals surface area contributed by atoms with Crippen LogP contribution in [0.5, 0.6) is 0 Å². The first-order chi connectivity index (χ1) is 7.29. The van der Waals surface area contributed by atoms with Gasteiger partial charge in [0, 0.05) is 11.0 Å². The van der Waals surface area contributed by atoms with Crippen LogP contribution in [0.1, 0.15) is 54.4 Å². The van der Waals surface area contributed by atoms with E-state index in [1.807, 2.05) is 0 Å². The number of carbonyl (C=O) groups is 1. The first kappa shape index (κ1) is 13.1. The fraction of sp³-hybridized carbons (Fsp3) is 0.714. The second-order valence-electron chi connectivity index (χ2n) is 5.80. The van der Waals surface area contributed by atoms with Crippen molar-refractivity contribution >= 4 is 11.5 Å².